The number of hydrogen-bond acceptors (Lipinski definition) is 3. The maximum atomic E-state index is 13.4. The van der Waals surface area contributed by atoms with Gasteiger partial charge in [-0.3, -0.25) is 9.79 Å². The molecule has 0 aromatic heterocycles. The number of nitrogens with zero attached hydrogens (tertiary/aromatic N) is 1. The normalized spacial score (nSPS) is 12.2. The third-order valence-electron chi connectivity index (χ3n) is 2.27. The SMILES string of the molecule is CN=C(N)C(C(N)=O)=C(N)C#Cc1cc(Cl)ccc1F. The topological polar surface area (TPSA) is 107 Å². The van der Waals surface area contributed by atoms with Gasteiger partial charge in [-0.15, -0.1) is 0 Å². The van der Waals surface area contributed by atoms with E-state index in [0.717, 1.165) is 0 Å². The van der Waals surface area contributed by atoms with Crippen molar-refractivity contribution < 1.29 is 9.18 Å². The molecule has 1 rings (SSSR count). The number of hydrogen-bond donors (Lipinski definition) is 3. The Bertz CT molecular complexity index is 671. The highest BCUT2D eigenvalue weighted by Crippen LogP contribution is 2.13. The lowest BCUT2D eigenvalue weighted by Crippen LogP contribution is -2.29. The van der Waals surface area contributed by atoms with E-state index in [1.54, 1.807) is 0 Å². The van der Waals surface area contributed by atoms with Crippen LogP contribution in [0.5, 0.6) is 0 Å². The van der Waals surface area contributed by atoms with Crippen LogP contribution >= 0.6 is 11.6 Å². The second kappa shape index (κ2) is 6.59. The first kappa shape index (κ1) is 15.5. The first-order valence-electron chi connectivity index (χ1n) is 5.36. The Morgan fingerprint density at radius 1 is 1.35 bits per heavy atom. The minimum Gasteiger partial charge on any atom is -0.391 e. The molecule has 0 aliphatic heterocycles. The van der Waals surface area contributed by atoms with Crippen molar-refractivity contribution in [1.82, 2.24) is 0 Å². The molecule has 0 radical (unpaired) electrons. The molecular weight excluding hydrogens is 283 g/mol. The third-order valence-corrected chi connectivity index (χ3v) is 2.51. The number of nitrogens with two attached hydrogens (primary N) is 3. The fourth-order valence-electron chi connectivity index (χ4n) is 1.30. The van der Waals surface area contributed by atoms with Gasteiger partial charge in [0.25, 0.3) is 5.91 Å². The van der Waals surface area contributed by atoms with E-state index in [0.29, 0.717) is 5.02 Å². The second-order valence-electron chi connectivity index (χ2n) is 3.64. The smallest absolute Gasteiger partial charge is 0.255 e. The van der Waals surface area contributed by atoms with Crippen molar-refractivity contribution in [3.8, 4) is 11.8 Å². The van der Waals surface area contributed by atoms with Gasteiger partial charge in [0.15, 0.2) is 0 Å². The number of halogens is 2. The Labute approximate surface area is 120 Å². The Hall–Kier alpha value is -2.52. The van der Waals surface area contributed by atoms with Gasteiger partial charge in [0.1, 0.15) is 17.2 Å². The van der Waals surface area contributed by atoms with E-state index in [1.807, 2.05) is 0 Å². The summed E-state index contributed by atoms with van der Waals surface area (Å²) in [6.45, 7) is 0. The van der Waals surface area contributed by atoms with Crippen LogP contribution < -0.4 is 17.2 Å². The average molecular weight is 295 g/mol. The van der Waals surface area contributed by atoms with Crippen molar-refractivity contribution in [2.75, 3.05) is 7.05 Å². The highest BCUT2D eigenvalue weighted by atomic mass is 35.5. The number of primary amides is 1. The highest BCUT2D eigenvalue weighted by molar-refractivity contribution is 6.30. The summed E-state index contributed by atoms with van der Waals surface area (Å²) < 4.78 is 13.4. The second-order valence-corrected chi connectivity index (χ2v) is 4.07. The van der Waals surface area contributed by atoms with Crippen molar-refractivity contribution >= 4 is 23.3 Å². The Balaban J connectivity index is 3.30. The van der Waals surface area contributed by atoms with Gasteiger partial charge in [-0.1, -0.05) is 17.5 Å². The van der Waals surface area contributed by atoms with Gasteiger partial charge >= 0.3 is 0 Å². The van der Waals surface area contributed by atoms with Crippen LogP contribution in [0, 0.1) is 17.7 Å². The average Bonchev–Trinajstić information content (AvgIpc) is 2.39. The largest absolute Gasteiger partial charge is 0.391 e. The van der Waals surface area contributed by atoms with Crippen LogP contribution in [0.4, 0.5) is 4.39 Å². The van der Waals surface area contributed by atoms with Crippen LogP contribution in [0.25, 0.3) is 0 Å². The molecule has 0 heterocycles. The standard InChI is InChI=1S/C13H12ClFN4O/c1-19-12(17)11(13(18)20)10(16)5-2-7-6-8(14)3-4-9(7)15/h3-4,6H,16H2,1H3,(H2,17,19)(H2,18,20). The summed E-state index contributed by atoms with van der Waals surface area (Å²) in [5.74, 6) is 3.29. The summed E-state index contributed by atoms with van der Waals surface area (Å²) in [6.07, 6.45) is 0. The molecule has 5 nitrogen and oxygen atoms in total. The first-order valence-corrected chi connectivity index (χ1v) is 5.73. The van der Waals surface area contributed by atoms with E-state index >= 15 is 0 Å². The number of aliphatic imine (C=N–C) groups is 1. The van der Waals surface area contributed by atoms with Crippen molar-refractivity contribution in [1.29, 1.82) is 0 Å². The maximum absolute atomic E-state index is 13.4. The van der Waals surface area contributed by atoms with Gasteiger partial charge < -0.3 is 17.2 Å². The van der Waals surface area contributed by atoms with E-state index in [2.05, 4.69) is 16.8 Å². The first-order chi connectivity index (χ1) is 9.36. The Kier molecular flexibility index (Phi) is 5.12. The van der Waals surface area contributed by atoms with Crippen molar-refractivity contribution in [3.05, 3.63) is 45.9 Å². The molecule has 0 saturated heterocycles. The predicted octanol–water partition coefficient (Wildman–Crippen LogP) is 0.516. The zero-order chi connectivity index (χ0) is 15.3. The summed E-state index contributed by atoms with van der Waals surface area (Å²) >= 11 is 5.73. The molecule has 0 fully saturated rings. The number of benzene rings is 1. The number of carbonyl (C=O) groups is 1. The third kappa shape index (κ3) is 3.73. The number of carbonyl (C=O) groups excluding carboxylic acids is 1. The fraction of sp³-hybridized carbons (Fsp3) is 0.0769. The molecule has 0 aliphatic rings. The van der Waals surface area contributed by atoms with Crippen LogP contribution in [-0.4, -0.2) is 18.8 Å². The molecule has 0 unspecified atom stereocenters. The van der Waals surface area contributed by atoms with Gasteiger partial charge in [-0.2, -0.15) is 0 Å². The summed E-state index contributed by atoms with van der Waals surface area (Å²) in [5, 5.41) is 0.322. The molecule has 0 atom stereocenters. The highest BCUT2D eigenvalue weighted by Gasteiger charge is 2.13. The van der Waals surface area contributed by atoms with E-state index in [4.69, 9.17) is 28.8 Å². The Morgan fingerprint density at radius 2 is 2.00 bits per heavy atom. The monoisotopic (exact) mass is 294 g/mol. The number of allylic oxidation sites excluding steroid dienone is 1. The lowest BCUT2D eigenvalue weighted by Gasteiger charge is -2.02. The van der Waals surface area contributed by atoms with Gasteiger partial charge in [0.2, 0.25) is 0 Å². The molecule has 7 heteroatoms. The van der Waals surface area contributed by atoms with Crippen molar-refractivity contribution in [2.45, 2.75) is 0 Å². The van der Waals surface area contributed by atoms with Crippen molar-refractivity contribution in [3.63, 3.8) is 0 Å². The van der Waals surface area contributed by atoms with Crippen LogP contribution in [-0.2, 0) is 4.79 Å². The lowest BCUT2D eigenvalue weighted by molar-refractivity contribution is -0.114. The summed E-state index contributed by atoms with van der Waals surface area (Å²) in [7, 11) is 1.37. The molecule has 0 bridgehead atoms. The minimum atomic E-state index is -0.869. The van der Waals surface area contributed by atoms with E-state index in [9.17, 15) is 9.18 Å². The molecule has 0 saturated carbocycles. The van der Waals surface area contributed by atoms with E-state index < -0.39 is 11.7 Å². The molecule has 0 spiro atoms. The van der Waals surface area contributed by atoms with Gasteiger partial charge in [-0.25, -0.2) is 4.39 Å². The molecule has 1 aromatic carbocycles. The van der Waals surface area contributed by atoms with Crippen LogP contribution in [0.3, 0.4) is 0 Å². The number of amides is 1. The zero-order valence-electron chi connectivity index (χ0n) is 10.6. The lowest BCUT2D eigenvalue weighted by atomic mass is 10.1. The van der Waals surface area contributed by atoms with Gasteiger partial charge in [0.05, 0.1) is 11.3 Å². The van der Waals surface area contributed by atoms with E-state index in [-0.39, 0.29) is 22.7 Å². The summed E-state index contributed by atoms with van der Waals surface area (Å²) in [6, 6.07) is 3.89. The zero-order valence-corrected chi connectivity index (χ0v) is 11.3. The summed E-state index contributed by atoms with van der Waals surface area (Å²) in [4.78, 5) is 14.8. The molecular formula is C13H12ClFN4O. The Morgan fingerprint density at radius 3 is 2.55 bits per heavy atom. The molecule has 20 heavy (non-hydrogen) atoms. The van der Waals surface area contributed by atoms with Crippen molar-refractivity contribution in [2.24, 2.45) is 22.2 Å². The molecule has 1 aromatic rings. The molecule has 104 valence electrons. The minimum absolute atomic E-state index is 0.0382. The molecule has 6 N–H and O–H groups in total. The summed E-state index contributed by atoms with van der Waals surface area (Å²) in [5.41, 5.74) is 15.9. The number of amidine groups is 1. The molecule has 1 amide bonds. The van der Waals surface area contributed by atoms with Crippen LogP contribution in [0.15, 0.2) is 34.5 Å². The molecule has 0 aliphatic carbocycles. The maximum Gasteiger partial charge on any atom is 0.255 e. The number of rotatable bonds is 2. The van der Waals surface area contributed by atoms with E-state index in [1.165, 1.54) is 25.2 Å². The van der Waals surface area contributed by atoms with Gasteiger partial charge in [0, 0.05) is 12.1 Å². The fourth-order valence-corrected chi connectivity index (χ4v) is 1.47. The predicted molar refractivity (Wildman–Crippen MR) is 76.2 cm³/mol. The quantitative estimate of drug-likeness (QED) is 0.320. The van der Waals surface area contributed by atoms with Gasteiger partial charge in [-0.05, 0) is 24.1 Å². The van der Waals surface area contributed by atoms with Crippen LogP contribution in [0.2, 0.25) is 5.02 Å². The van der Waals surface area contributed by atoms with Crippen LogP contribution in [0.1, 0.15) is 5.56 Å².